The topological polar surface area (TPSA) is 113 Å². The minimum absolute atomic E-state index is 0.00509. The Labute approximate surface area is 237 Å². The van der Waals surface area contributed by atoms with E-state index in [0.29, 0.717) is 35.3 Å². The lowest BCUT2D eigenvalue weighted by Crippen LogP contribution is -2.43. The number of pyridine rings is 1. The summed E-state index contributed by atoms with van der Waals surface area (Å²) < 4.78 is 57.9. The average molecular weight is 582 g/mol. The highest BCUT2D eigenvalue weighted by Gasteiger charge is 2.49. The van der Waals surface area contributed by atoms with Gasteiger partial charge >= 0.3 is 6.01 Å². The van der Waals surface area contributed by atoms with Crippen molar-refractivity contribution in [1.29, 1.82) is 5.26 Å². The van der Waals surface area contributed by atoms with Crippen LogP contribution in [0.2, 0.25) is 0 Å². The van der Waals surface area contributed by atoms with E-state index in [9.17, 15) is 14.0 Å². The molecule has 3 aromatic heterocycles. The number of rotatable bonds is 5. The maximum absolute atomic E-state index is 16.8. The number of ether oxygens (including phenoxy) is 2. The zero-order chi connectivity index (χ0) is 28.6. The maximum atomic E-state index is 16.8. The highest BCUT2D eigenvalue weighted by atomic mass is 32.1. The molecule has 6 heterocycles. The number of nitrogens with zero attached hydrogens (tertiary/aromatic N) is 6. The Hall–Kier alpha value is -3.73. The fraction of sp³-hybridized carbons (Fsp3) is 0.429. The van der Waals surface area contributed by atoms with Crippen molar-refractivity contribution >= 4 is 43.1 Å². The van der Waals surface area contributed by atoms with Gasteiger partial charge in [0.2, 0.25) is 0 Å². The molecule has 9 nitrogen and oxygen atoms in total. The third-order valence-electron chi connectivity index (χ3n) is 8.46. The van der Waals surface area contributed by atoms with E-state index < -0.39 is 23.3 Å². The summed E-state index contributed by atoms with van der Waals surface area (Å²) >= 11 is 0.920. The molecule has 3 aliphatic rings. The molecule has 13 heteroatoms. The molecule has 0 saturated carbocycles. The minimum atomic E-state index is -0.916. The molecule has 4 aromatic rings. The van der Waals surface area contributed by atoms with Crippen LogP contribution in [0.1, 0.15) is 36.0 Å². The number of benzene rings is 1. The summed E-state index contributed by atoms with van der Waals surface area (Å²) in [6, 6.07) is 1.99. The van der Waals surface area contributed by atoms with E-state index in [-0.39, 0.29) is 63.3 Å². The van der Waals surface area contributed by atoms with Crippen LogP contribution in [0.25, 0.3) is 32.2 Å². The van der Waals surface area contributed by atoms with Crippen molar-refractivity contribution in [2.75, 3.05) is 44.4 Å². The molecule has 212 valence electrons. The van der Waals surface area contributed by atoms with Crippen molar-refractivity contribution < 1.29 is 22.6 Å². The number of nitriles is 1. The second kappa shape index (κ2) is 9.40. The van der Waals surface area contributed by atoms with Gasteiger partial charge in [-0.3, -0.25) is 9.88 Å². The Morgan fingerprint density at radius 1 is 1.27 bits per heavy atom. The quantitative estimate of drug-likeness (QED) is 0.359. The molecule has 0 spiro atoms. The highest BCUT2D eigenvalue weighted by Crippen LogP contribution is 2.47. The van der Waals surface area contributed by atoms with Gasteiger partial charge in [-0.2, -0.15) is 15.2 Å². The van der Waals surface area contributed by atoms with E-state index in [2.05, 4.69) is 19.9 Å². The van der Waals surface area contributed by atoms with Crippen molar-refractivity contribution in [2.24, 2.45) is 0 Å². The van der Waals surface area contributed by atoms with Gasteiger partial charge in [-0.05, 0) is 30.5 Å². The molecule has 3 aliphatic heterocycles. The summed E-state index contributed by atoms with van der Waals surface area (Å²) in [5, 5.41) is 10.6. The number of anilines is 2. The zero-order valence-corrected chi connectivity index (χ0v) is 23.2. The largest absolute Gasteiger partial charge is 0.461 e. The molecule has 2 atom stereocenters. The van der Waals surface area contributed by atoms with Crippen LogP contribution in [-0.2, 0) is 18.0 Å². The van der Waals surface area contributed by atoms with Gasteiger partial charge in [-0.15, -0.1) is 11.3 Å². The molecule has 0 amide bonds. The number of aromatic nitrogens is 3. The van der Waals surface area contributed by atoms with E-state index in [0.717, 1.165) is 36.9 Å². The first-order valence-corrected chi connectivity index (χ1v) is 14.1. The molecule has 0 radical (unpaired) electrons. The fourth-order valence-corrected chi connectivity index (χ4v) is 7.58. The number of hydrogen-bond acceptors (Lipinski definition) is 10. The van der Waals surface area contributed by atoms with Gasteiger partial charge in [0.25, 0.3) is 0 Å². The molecular formula is C28H26F3N7O2S. The predicted octanol–water partition coefficient (Wildman–Crippen LogP) is 4.69. The number of nitrogen functional groups attached to an aromatic ring is 1. The van der Waals surface area contributed by atoms with E-state index in [4.69, 9.17) is 15.2 Å². The Kier molecular flexibility index (Phi) is 6.01. The van der Waals surface area contributed by atoms with Crippen LogP contribution in [0.4, 0.5) is 24.0 Å². The van der Waals surface area contributed by atoms with E-state index in [1.165, 1.54) is 0 Å². The van der Waals surface area contributed by atoms with Crippen molar-refractivity contribution in [3.63, 3.8) is 0 Å². The number of alkyl halides is 1. The SMILES string of the molecule is CN(C)c1nc(OC[C@@]23CCCN2C[C@H](F)C3)nc2c(F)c(-c3ncc(F)c4sc(N)c(C#N)c34)c3c(c12)COC3. The Bertz CT molecular complexity index is 1790. The van der Waals surface area contributed by atoms with Gasteiger partial charge < -0.3 is 20.1 Å². The lowest BCUT2D eigenvalue weighted by Gasteiger charge is -2.31. The third-order valence-corrected chi connectivity index (χ3v) is 9.48. The van der Waals surface area contributed by atoms with Crippen LogP contribution in [-0.4, -0.2) is 65.4 Å². The Morgan fingerprint density at radius 2 is 2.07 bits per heavy atom. The first-order chi connectivity index (χ1) is 19.7. The van der Waals surface area contributed by atoms with Gasteiger partial charge in [0.15, 0.2) is 11.6 Å². The smallest absolute Gasteiger partial charge is 0.319 e. The molecule has 2 N–H and O–H groups in total. The van der Waals surface area contributed by atoms with Crippen LogP contribution in [0.3, 0.4) is 0 Å². The Balaban J connectivity index is 1.43. The zero-order valence-electron chi connectivity index (χ0n) is 22.4. The van der Waals surface area contributed by atoms with Gasteiger partial charge in [-0.1, -0.05) is 0 Å². The summed E-state index contributed by atoms with van der Waals surface area (Å²) in [4.78, 5) is 17.3. The number of nitrogens with two attached hydrogens (primary N) is 1. The van der Waals surface area contributed by atoms with Crippen molar-refractivity contribution in [3.05, 3.63) is 34.5 Å². The molecule has 0 unspecified atom stereocenters. The molecule has 2 saturated heterocycles. The maximum Gasteiger partial charge on any atom is 0.319 e. The van der Waals surface area contributed by atoms with Crippen LogP contribution >= 0.6 is 11.3 Å². The molecular weight excluding hydrogens is 555 g/mol. The standard InChI is InChI=1S/C28H26F3N7O2S/c1-37(2)26-20-16-11-39-10-15(16)18(22-19-14(7-32)25(33)41-24(19)17(30)8-34-22)21(31)23(20)35-27(36-26)40-12-28-4-3-5-38(28)9-13(29)6-28/h8,13H,3-6,9-12,33H2,1-2H3/t13-,28+/m1/s1. The lowest BCUT2D eigenvalue weighted by atomic mass is 9.93. The lowest BCUT2D eigenvalue weighted by molar-refractivity contribution is 0.107. The number of halogens is 3. The number of hydrogen-bond donors (Lipinski definition) is 1. The van der Waals surface area contributed by atoms with Crippen LogP contribution in [0.15, 0.2) is 6.20 Å². The van der Waals surface area contributed by atoms with Crippen LogP contribution < -0.4 is 15.4 Å². The van der Waals surface area contributed by atoms with Crippen LogP contribution in [0.5, 0.6) is 6.01 Å². The minimum Gasteiger partial charge on any atom is -0.461 e. The first-order valence-electron chi connectivity index (χ1n) is 13.3. The van der Waals surface area contributed by atoms with Gasteiger partial charge in [0.05, 0.1) is 46.3 Å². The van der Waals surface area contributed by atoms with Gasteiger partial charge in [0, 0.05) is 38.0 Å². The van der Waals surface area contributed by atoms with Crippen molar-refractivity contribution in [1.82, 2.24) is 19.9 Å². The van der Waals surface area contributed by atoms with E-state index in [1.807, 2.05) is 6.07 Å². The normalized spacial score (nSPS) is 21.9. The fourth-order valence-electron chi connectivity index (χ4n) is 6.66. The highest BCUT2D eigenvalue weighted by molar-refractivity contribution is 7.23. The summed E-state index contributed by atoms with van der Waals surface area (Å²) in [6.07, 6.45) is 2.23. The van der Waals surface area contributed by atoms with Gasteiger partial charge in [0.1, 0.15) is 35.2 Å². The predicted molar refractivity (Wildman–Crippen MR) is 149 cm³/mol. The van der Waals surface area contributed by atoms with Gasteiger partial charge in [-0.25, -0.2) is 13.2 Å². The van der Waals surface area contributed by atoms with E-state index in [1.54, 1.807) is 19.0 Å². The first kappa shape index (κ1) is 26.2. The summed E-state index contributed by atoms with van der Waals surface area (Å²) in [5.74, 6) is -0.909. The van der Waals surface area contributed by atoms with Crippen LogP contribution in [0, 0.1) is 23.0 Å². The van der Waals surface area contributed by atoms with Crippen molar-refractivity contribution in [3.8, 4) is 23.3 Å². The Morgan fingerprint density at radius 3 is 2.85 bits per heavy atom. The summed E-state index contributed by atoms with van der Waals surface area (Å²) in [6.45, 7) is 1.65. The molecule has 1 aromatic carbocycles. The molecule has 0 bridgehead atoms. The van der Waals surface area contributed by atoms with Crippen molar-refractivity contribution in [2.45, 2.75) is 44.2 Å². The molecule has 0 aliphatic carbocycles. The second-order valence-corrected chi connectivity index (χ2v) is 12.1. The molecule has 41 heavy (non-hydrogen) atoms. The molecule has 2 fully saturated rings. The average Bonchev–Trinajstić information content (AvgIpc) is 3.70. The number of thiophene rings is 1. The third kappa shape index (κ3) is 3.84. The summed E-state index contributed by atoms with van der Waals surface area (Å²) in [5.41, 5.74) is 7.04. The monoisotopic (exact) mass is 581 g/mol. The molecule has 7 rings (SSSR count). The second-order valence-electron chi connectivity index (χ2n) is 11.1. The van der Waals surface area contributed by atoms with E-state index >= 15 is 4.39 Å². The number of fused-ring (bicyclic) bond motifs is 5. The summed E-state index contributed by atoms with van der Waals surface area (Å²) in [7, 11) is 3.58.